The molecule has 3 aromatic carbocycles. The van der Waals surface area contributed by atoms with Gasteiger partial charge in [0.15, 0.2) is 0 Å². The number of amides is 2. The molecule has 0 radical (unpaired) electrons. The molecule has 0 fully saturated rings. The maximum absolute atomic E-state index is 14.8. The lowest BCUT2D eigenvalue weighted by atomic mass is 9.77. The summed E-state index contributed by atoms with van der Waals surface area (Å²) >= 11 is 3.14. The van der Waals surface area contributed by atoms with Crippen molar-refractivity contribution in [2.45, 2.75) is 36.8 Å². The third-order valence-electron chi connectivity index (χ3n) is 5.80. The number of carbonyl (C=O) groups is 1. The Labute approximate surface area is 243 Å². The van der Waals surface area contributed by atoms with Crippen LogP contribution in [0.3, 0.4) is 0 Å². The molecule has 17 heteroatoms. The minimum atomic E-state index is -5.35. The predicted molar refractivity (Wildman–Crippen MR) is 131 cm³/mol. The molecule has 1 unspecified atom stereocenters. The van der Waals surface area contributed by atoms with Gasteiger partial charge in [0.1, 0.15) is 23.9 Å². The molecule has 234 valence electrons. The summed E-state index contributed by atoms with van der Waals surface area (Å²) < 4.78 is 166. The summed E-state index contributed by atoms with van der Waals surface area (Å²) in [6.45, 7) is -1.94. The number of benzene rings is 3. The molecule has 1 atom stereocenters. The lowest BCUT2D eigenvalue weighted by Gasteiger charge is -2.37. The van der Waals surface area contributed by atoms with E-state index in [1.165, 1.54) is 29.6 Å². The quantitative estimate of drug-likeness (QED) is 0.221. The SMILES string of the molecule is O=C(NCC(F)(F)F)NC(Cc1ccc(Br)cc1)(c1cc(F)cc(OC(F)(F)C(F)F)c1)c1ccc(F)c(C(F)(F)F)c1. The van der Waals surface area contributed by atoms with Crippen molar-refractivity contribution in [3.8, 4) is 5.75 Å². The molecule has 0 aliphatic heterocycles. The summed E-state index contributed by atoms with van der Waals surface area (Å²) in [4.78, 5) is 12.8. The molecular formula is C26H17BrF12N2O2. The second-order valence-electron chi connectivity index (χ2n) is 8.96. The van der Waals surface area contributed by atoms with Crippen LogP contribution in [-0.2, 0) is 18.1 Å². The van der Waals surface area contributed by atoms with Gasteiger partial charge in [-0.1, -0.05) is 34.1 Å². The molecule has 0 saturated carbocycles. The number of urea groups is 1. The average molecular weight is 697 g/mol. The van der Waals surface area contributed by atoms with Crippen LogP contribution >= 0.6 is 15.9 Å². The highest BCUT2D eigenvalue weighted by molar-refractivity contribution is 9.10. The minimum Gasteiger partial charge on any atom is -0.428 e. The number of hydrogen-bond donors (Lipinski definition) is 2. The first-order valence-electron chi connectivity index (χ1n) is 11.6. The van der Waals surface area contributed by atoms with Crippen LogP contribution < -0.4 is 15.4 Å². The molecule has 3 aromatic rings. The largest absolute Gasteiger partial charge is 0.461 e. The fourth-order valence-corrected chi connectivity index (χ4v) is 4.23. The van der Waals surface area contributed by atoms with Crippen LogP contribution in [0.5, 0.6) is 5.75 Å². The predicted octanol–water partition coefficient (Wildman–Crippen LogP) is 8.33. The molecule has 0 saturated heterocycles. The first-order valence-corrected chi connectivity index (χ1v) is 12.4. The van der Waals surface area contributed by atoms with Crippen molar-refractivity contribution < 1.29 is 62.2 Å². The van der Waals surface area contributed by atoms with E-state index in [2.05, 4.69) is 20.7 Å². The number of carbonyl (C=O) groups excluding carboxylic acids is 1. The van der Waals surface area contributed by atoms with E-state index in [4.69, 9.17) is 0 Å². The van der Waals surface area contributed by atoms with Crippen LogP contribution in [0, 0.1) is 11.6 Å². The number of rotatable bonds is 9. The maximum atomic E-state index is 14.8. The van der Waals surface area contributed by atoms with Crippen molar-refractivity contribution in [3.05, 3.63) is 99.0 Å². The van der Waals surface area contributed by atoms with E-state index >= 15 is 0 Å². The Morgan fingerprint density at radius 1 is 0.837 bits per heavy atom. The fourth-order valence-electron chi connectivity index (χ4n) is 3.96. The van der Waals surface area contributed by atoms with Crippen LogP contribution in [0.2, 0.25) is 0 Å². The molecule has 3 rings (SSSR count). The second kappa shape index (κ2) is 12.5. The number of halogens is 13. The van der Waals surface area contributed by atoms with E-state index in [0.29, 0.717) is 28.7 Å². The Balaban J connectivity index is 2.35. The number of ether oxygens (including phenoxy) is 1. The zero-order valence-corrected chi connectivity index (χ0v) is 22.6. The Hall–Kier alpha value is -3.63. The highest BCUT2D eigenvalue weighted by atomic mass is 79.9. The lowest BCUT2D eigenvalue weighted by molar-refractivity contribution is -0.253. The molecular weight excluding hydrogens is 680 g/mol. The lowest BCUT2D eigenvalue weighted by Crippen LogP contribution is -2.53. The Bertz CT molecular complexity index is 1450. The summed E-state index contributed by atoms with van der Waals surface area (Å²) in [6, 6.07) is 6.18. The smallest absolute Gasteiger partial charge is 0.428 e. The summed E-state index contributed by atoms with van der Waals surface area (Å²) in [5.41, 5.74) is -5.81. The van der Waals surface area contributed by atoms with Crippen molar-refractivity contribution in [1.82, 2.24) is 10.6 Å². The summed E-state index contributed by atoms with van der Waals surface area (Å²) in [6.07, 6.45) is -20.6. The fraction of sp³-hybridized carbons (Fsp3) is 0.269. The molecule has 43 heavy (non-hydrogen) atoms. The number of alkyl halides is 10. The molecule has 0 aromatic heterocycles. The van der Waals surface area contributed by atoms with Crippen molar-refractivity contribution >= 4 is 22.0 Å². The average Bonchev–Trinajstić information content (AvgIpc) is 2.87. The van der Waals surface area contributed by atoms with E-state index < -0.39 is 83.5 Å². The first kappa shape index (κ1) is 33.9. The zero-order chi connectivity index (χ0) is 32.4. The summed E-state index contributed by atoms with van der Waals surface area (Å²) in [5.74, 6) is -4.56. The number of hydrogen-bond acceptors (Lipinski definition) is 2. The Morgan fingerprint density at radius 3 is 2.02 bits per heavy atom. The van der Waals surface area contributed by atoms with Gasteiger partial charge in [-0.3, -0.25) is 0 Å². The van der Waals surface area contributed by atoms with Gasteiger partial charge in [0.25, 0.3) is 0 Å². The maximum Gasteiger partial charge on any atom is 0.461 e. The van der Waals surface area contributed by atoms with Gasteiger partial charge in [-0.15, -0.1) is 0 Å². The highest BCUT2D eigenvalue weighted by Crippen LogP contribution is 2.41. The van der Waals surface area contributed by atoms with E-state index in [0.717, 1.165) is 0 Å². The number of nitrogens with one attached hydrogen (secondary N) is 2. The van der Waals surface area contributed by atoms with E-state index in [1.807, 2.05) is 5.32 Å². The minimum absolute atomic E-state index is 0.127. The van der Waals surface area contributed by atoms with Crippen LogP contribution in [-0.4, -0.2) is 31.3 Å². The molecule has 4 nitrogen and oxygen atoms in total. The van der Waals surface area contributed by atoms with Gasteiger partial charge in [-0.2, -0.15) is 43.9 Å². The topological polar surface area (TPSA) is 50.4 Å². The molecule has 0 bridgehead atoms. The summed E-state index contributed by atoms with van der Waals surface area (Å²) in [5, 5.41) is 3.46. The Kier molecular flexibility index (Phi) is 9.88. The van der Waals surface area contributed by atoms with Gasteiger partial charge in [-0.25, -0.2) is 13.6 Å². The molecule has 0 aliphatic rings. The van der Waals surface area contributed by atoms with Gasteiger partial charge < -0.3 is 15.4 Å². The van der Waals surface area contributed by atoms with Crippen molar-refractivity contribution in [2.75, 3.05) is 6.54 Å². The van der Waals surface area contributed by atoms with Gasteiger partial charge in [0.05, 0.1) is 11.1 Å². The molecule has 2 N–H and O–H groups in total. The highest BCUT2D eigenvalue weighted by Gasteiger charge is 2.45. The van der Waals surface area contributed by atoms with Crippen LogP contribution in [0.4, 0.5) is 57.5 Å². The van der Waals surface area contributed by atoms with E-state index in [-0.39, 0.29) is 17.7 Å². The summed E-state index contributed by atoms with van der Waals surface area (Å²) in [7, 11) is 0. The van der Waals surface area contributed by atoms with Crippen LogP contribution in [0.1, 0.15) is 22.3 Å². The van der Waals surface area contributed by atoms with Crippen molar-refractivity contribution in [2.24, 2.45) is 0 Å². The first-order chi connectivity index (χ1) is 19.7. The molecule has 0 heterocycles. The van der Waals surface area contributed by atoms with Gasteiger partial charge in [-0.05, 0) is 53.1 Å². The Morgan fingerprint density at radius 2 is 1.47 bits per heavy atom. The zero-order valence-electron chi connectivity index (χ0n) is 21.0. The van der Waals surface area contributed by atoms with E-state index in [9.17, 15) is 57.5 Å². The molecule has 0 aliphatic carbocycles. The van der Waals surface area contributed by atoms with Crippen LogP contribution in [0.25, 0.3) is 0 Å². The normalized spacial score (nSPS) is 13.9. The van der Waals surface area contributed by atoms with E-state index in [1.54, 1.807) is 0 Å². The van der Waals surface area contributed by atoms with Crippen molar-refractivity contribution in [1.29, 1.82) is 0 Å². The van der Waals surface area contributed by atoms with Gasteiger partial charge in [0, 0.05) is 17.0 Å². The van der Waals surface area contributed by atoms with Gasteiger partial charge >= 0.3 is 30.9 Å². The molecule has 0 spiro atoms. The van der Waals surface area contributed by atoms with Gasteiger partial charge in [0.2, 0.25) is 0 Å². The third kappa shape index (κ3) is 8.70. The second-order valence-corrected chi connectivity index (χ2v) is 9.88. The standard InChI is InChI=1S/C26H17BrF12N2O2/c27-16-4-1-13(2-5-16)11-23(41-22(42)40-12-24(32,33)34,14-3-6-20(29)19(9-14)25(35,36)37)15-7-17(28)10-18(8-15)43-26(38,39)21(30)31/h1-10,21H,11-12H2,(H2,40,41,42). The van der Waals surface area contributed by atoms with Crippen LogP contribution in [0.15, 0.2) is 65.1 Å². The van der Waals surface area contributed by atoms with Crippen molar-refractivity contribution in [3.63, 3.8) is 0 Å². The third-order valence-corrected chi connectivity index (χ3v) is 6.32. The monoisotopic (exact) mass is 696 g/mol. The molecule has 2 amide bonds.